The van der Waals surface area contributed by atoms with Crippen molar-refractivity contribution in [2.45, 2.75) is 45.1 Å². The smallest absolute Gasteiger partial charge is 0.229 e. The van der Waals surface area contributed by atoms with E-state index in [4.69, 9.17) is 5.26 Å². The molecule has 0 radical (unpaired) electrons. The fraction of sp³-hybridized carbons (Fsp3) is 0.700. The Labute approximate surface area is 83.5 Å². The Hall–Kier alpha value is -1.37. The summed E-state index contributed by atoms with van der Waals surface area (Å²) in [6, 6.07) is 1.70. The van der Waals surface area contributed by atoms with Crippen LogP contribution in [-0.4, -0.2) is 22.8 Å². The maximum Gasteiger partial charge on any atom is 0.229 e. The third-order valence-corrected chi connectivity index (χ3v) is 2.40. The average molecular weight is 194 g/mol. The second-order valence-electron chi connectivity index (χ2n) is 3.58. The van der Waals surface area contributed by atoms with Crippen molar-refractivity contribution in [1.82, 2.24) is 4.90 Å². The molecule has 76 valence electrons. The van der Waals surface area contributed by atoms with E-state index in [1.807, 2.05) is 6.07 Å². The molecule has 0 spiro atoms. The summed E-state index contributed by atoms with van der Waals surface area (Å²) < 4.78 is 0. The lowest BCUT2D eigenvalue weighted by Crippen LogP contribution is -2.41. The quantitative estimate of drug-likeness (QED) is 0.621. The molecule has 0 N–H and O–H groups in total. The molecule has 1 aliphatic heterocycles. The molecule has 14 heavy (non-hydrogen) atoms. The standard InChI is InChI=1S/C10H14N2O2/c1-8(6-7-11)12-9(13)4-2-3-5-10(12)14/h8H,2-6H2,1H3. The maximum atomic E-state index is 11.5. The molecule has 4 nitrogen and oxygen atoms in total. The molecule has 0 aromatic rings. The zero-order valence-electron chi connectivity index (χ0n) is 8.32. The van der Waals surface area contributed by atoms with Gasteiger partial charge in [-0.25, -0.2) is 0 Å². The van der Waals surface area contributed by atoms with Crippen molar-refractivity contribution in [2.75, 3.05) is 0 Å². The van der Waals surface area contributed by atoms with E-state index in [1.54, 1.807) is 6.92 Å². The van der Waals surface area contributed by atoms with Crippen LogP contribution in [0.5, 0.6) is 0 Å². The lowest BCUT2D eigenvalue weighted by atomic mass is 10.2. The number of nitrogens with zero attached hydrogens (tertiary/aromatic N) is 2. The van der Waals surface area contributed by atoms with E-state index in [1.165, 1.54) is 4.90 Å². The molecule has 1 saturated heterocycles. The van der Waals surface area contributed by atoms with E-state index in [0.717, 1.165) is 12.8 Å². The number of imide groups is 1. The maximum absolute atomic E-state index is 11.5. The van der Waals surface area contributed by atoms with Crippen LogP contribution < -0.4 is 0 Å². The topological polar surface area (TPSA) is 61.2 Å². The number of hydrogen-bond donors (Lipinski definition) is 0. The van der Waals surface area contributed by atoms with Gasteiger partial charge >= 0.3 is 0 Å². The van der Waals surface area contributed by atoms with Crippen LogP contribution in [0.15, 0.2) is 0 Å². The van der Waals surface area contributed by atoms with Gasteiger partial charge in [0, 0.05) is 18.9 Å². The Bertz CT molecular complexity index is 262. The Morgan fingerprint density at radius 3 is 2.29 bits per heavy atom. The third-order valence-electron chi connectivity index (χ3n) is 2.40. The van der Waals surface area contributed by atoms with Crippen LogP contribution in [0, 0.1) is 11.3 Å². The third kappa shape index (κ3) is 2.32. The summed E-state index contributed by atoms with van der Waals surface area (Å²) in [7, 11) is 0. The van der Waals surface area contributed by atoms with Gasteiger partial charge in [0.2, 0.25) is 11.8 Å². The second kappa shape index (κ2) is 4.75. The minimum Gasteiger partial charge on any atom is -0.279 e. The number of amides is 2. The van der Waals surface area contributed by atoms with Gasteiger partial charge in [0.05, 0.1) is 12.5 Å². The van der Waals surface area contributed by atoms with Crippen LogP contribution in [0.1, 0.15) is 39.0 Å². The zero-order chi connectivity index (χ0) is 10.6. The van der Waals surface area contributed by atoms with Crippen molar-refractivity contribution >= 4 is 11.8 Å². The highest BCUT2D eigenvalue weighted by atomic mass is 16.2. The first-order valence-electron chi connectivity index (χ1n) is 4.88. The monoisotopic (exact) mass is 194 g/mol. The Kier molecular flexibility index (Phi) is 3.63. The van der Waals surface area contributed by atoms with Crippen molar-refractivity contribution in [1.29, 1.82) is 5.26 Å². The van der Waals surface area contributed by atoms with E-state index < -0.39 is 0 Å². The minimum atomic E-state index is -0.280. The molecule has 0 aliphatic carbocycles. The van der Waals surface area contributed by atoms with Crippen LogP contribution >= 0.6 is 0 Å². The van der Waals surface area contributed by atoms with Crippen LogP contribution in [0.25, 0.3) is 0 Å². The lowest BCUT2D eigenvalue weighted by Gasteiger charge is -2.24. The Balaban J connectivity index is 2.75. The van der Waals surface area contributed by atoms with Crippen molar-refractivity contribution in [3.63, 3.8) is 0 Å². The number of nitriles is 1. The predicted molar refractivity (Wildman–Crippen MR) is 50.0 cm³/mol. The fourth-order valence-corrected chi connectivity index (χ4v) is 1.65. The van der Waals surface area contributed by atoms with E-state index >= 15 is 0 Å². The number of rotatable bonds is 2. The van der Waals surface area contributed by atoms with Gasteiger partial charge in [0.15, 0.2) is 0 Å². The van der Waals surface area contributed by atoms with Crippen molar-refractivity contribution < 1.29 is 9.59 Å². The summed E-state index contributed by atoms with van der Waals surface area (Å²) >= 11 is 0. The lowest BCUT2D eigenvalue weighted by molar-refractivity contribution is -0.146. The fourth-order valence-electron chi connectivity index (χ4n) is 1.65. The molecule has 1 atom stereocenters. The van der Waals surface area contributed by atoms with Gasteiger partial charge in [-0.3, -0.25) is 14.5 Å². The molecule has 1 rings (SSSR count). The van der Waals surface area contributed by atoms with Crippen LogP contribution in [0.4, 0.5) is 0 Å². The normalized spacial score (nSPS) is 20.1. The molecule has 1 fully saturated rings. The average Bonchev–Trinajstić information content (AvgIpc) is 2.28. The van der Waals surface area contributed by atoms with Gasteiger partial charge in [-0.2, -0.15) is 5.26 Å². The highest BCUT2D eigenvalue weighted by Gasteiger charge is 2.27. The van der Waals surface area contributed by atoms with Crippen LogP contribution in [-0.2, 0) is 9.59 Å². The van der Waals surface area contributed by atoms with E-state index in [2.05, 4.69) is 0 Å². The largest absolute Gasteiger partial charge is 0.279 e. The van der Waals surface area contributed by atoms with Gasteiger partial charge in [-0.05, 0) is 19.8 Å². The summed E-state index contributed by atoms with van der Waals surface area (Å²) in [6.45, 7) is 1.74. The summed E-state index contributed by atoms with van der Waals surface area (Å²) in [4.78, 5) is 24.3. The summed E-state index contributed by atoms with van der Waals surface area (Å²) in [5.74, 6) is -0.259. The molecular formula is C10H14N2O2. The molecule has 0 bridgehead atoms. The summed E-state index contributed by atoms with van der Waals surface area (Å²) in [5.41, 5.74) is 0. The molecule has 1 heterocycles. The first kappa shape index (κ1) is 10.7. The highest BCUT2D eigenvalue weighted by Crippen LogP contribution is 2.16. The van der Waals surface area contributed by atoms with Crippen molar-refractivity contribution in [3.05, 3.63) is 0 Å². The Morgan fingerprint density at radius 2 is 1.86 bits per heavy atom. The van der Waals surface area contributed by atoms with E-state index in [-0.39, 0.29) is 24.3 Å². The minimum absolute atomic E-state index is 0.129. The van der Waals surface area contributed by atoms with E-state index in [0.29, 0.717) is 12.8 Å². The predicted octanol–water partition coefficient (Wildman–Crippen LogP) is 1.22. The molecule has 2 amide bonds. The Morgan fingerprint density at radius 1 is 1.36 bits per heavy atom. The van der Waals surface area contributed by atoms with Gasteiger partial charge in [0.25, 0.3) is 0 Å². The van der Waals surface area contributed by atoms with Gasteiger partial charge in [-0.15, -0.1) is 0 Å². The van der Waals surface area contributed by atoms with Crippen LogP contribution in [0.2, 0.25) is 0 Å². The molecular weight excluding hydrogens is 180 g/mol. The number of carbonyl (C=O) groups is 2. The van der Waals surface area contributed by atoms with Crippen molar-refractivity contribution in [3.8, 4) is 6.07 Å². The van der Waals surface area contributed by atoms with E-state index in [9.17, 15) is 9.59 Å². The number of hydrogen-bond acceptors (Lipinski definition) is 3. The first-order chi connectivity index (χ1) is 6.66. The second-order valence-corrected chi connectivity index (χ2v) is 3.58. The summed E-state index contributed by atoms with van der Waals surface area (Å²) in [6.07, 6.45) is 2.64. The molecule has 4 heteroatoms. The van der Waals surface area contributed by atoms with Gasteiger partial charge in [-0.1, -0.05) is 0 Å². The zero-order valence-corrected chi connectivity index (χ0v) is 8.32. The molecule has 1 unspecified atom stereocenters. The van der Waals surface area contributed by atoms with Gasteiger partial charge < -0.3 is 0 Å². The number of likely N-dealkylation sites (tertiary alicyclic amines) is 1. The molecule has 0 saturated carbocycles. The first-order valence-corrected chi connectivity index (χ1v) is 4.88. The summed E-state index contributed by atoms with van der Waals surface area (Å²) in [5, 5.41) is 8.51. The number of carbonyl (C=O) groups excluding carboxylic acids is 2. The van der Waals surface area contributed by atoms with Gasteiger partial charge in [0.1, 0.15) is 0 Å². The highest BCUT2D eigenvalue weighted by molar-refractivity contribution is 5.96. The molecule has 0 aromatic carbocycles. The SMILES string of the molecule is CC(CC#N)N1C(=O)CCCCC1=O. The molecule has 1 aliphatic rings. The molecule has 0 aromatic heterocycles. The van der Waals surface area contributed by atoms with Crippen LogP contribution in [0.3, 0.4) is 0 Å². The van der Waals surface area contributed by atoms with Crippen molar-refractivity contribution in [2.24, 2.45) is 0 Å².